The minimum Gasteiger partial charge on any atom is -0.497 e. The number of ketones is 1. The van der Waals surface area contributed by atoms with Crippen molar-refractivity contribution in [3.63, 3.8) is 0 Å². The molecule has 4 rings (SSSR count). The lowest BCUT2D eigenvalue weighted by Gasteiger charge is -2.14. The predicted molar refractivity (Wildman–Crippen MR) is 128 cm³/mol. The number of rotatable bonds is 8. The zero-order chi connectivity index (χ0) is 24.3. The molecular weight excluding hydrogens is 454 g/mol. The number of fused-ring (bicyclic) bond motifs is 1. The molecule has 0 unspecified atom stereocenters. The average Bonchev–Trinajstić information content (AvgIpc) is 2.87. The Balaban J connectivity index is 1.95. The molecule has 1 heterocycles. The Bertz CT molecular complexity index is 1450. The number of benzene rings is 3. The highest BCUT2D eigenvalue weighted by Gasteiger charge is 2.29. The topological polar surface area (TPSA) is 91.8 Å². The minimum atomic E-state index is -4.12. The highest BCUT2D eigenvalue weighted by Crippen LogP contribution is 2.34. The molecule has 8 heteroatoms. The van der Waals surface area contributed by atoms with Gasteiger partial charge in [0.15, 0.2) is 5.78 Å². The second-order valence-corrected chi connectivity index (χ2v) is 9.24. The number of sulfone groups is 1. The number of ether oxygens (including phenoxy) is 3. The molecular formula is C26H23NO6S. The van der Waals surface area contributed by atoms with E-state index < -0.39 is 15.6 Å². The van der Waals surface area contributed by atoms with Gasteiger partial charge in [-0.3, -0.25) is 9.78 Å². The summed E-state index contributed by atoms with van der Waals surface area (Å²) in [6.07, 6.45) is 1.31. The third-order valence-electron chi connectivity index (χ3n) is 5.34. The van der Waals surface area contributed by atoms with Gasteiger partial charge in [0.1, 0.15) is 17.2 Å². The van der Waals surface area contributed by atoms with E-state index in [4.69, 9.17) is 14.2 Å². The van der Waals surface area contributed by atoms with Crippen molar-refractivity contribution in [1.29, 1.82) is 0 Å². The summed E-state index contributed by atoms with van der Waals surface area (Å²) in [5.74, 6) is 1.12. The summed E-state index contributed by atoms with van der Waals surface area (Å²) >= 11 is 0. The molecule has 0 aliphatic heterocycles. The lowest BCUT2D eigenvalue weighted by Crippen LogP contribution is -2.13. The molecule has 3 aromatic carbocycles. The van der Waals surface area contributed by atoms with Crippen molar-refractivity contribution in [2.24, 2.45) is 0 Å². The van der Waals surface area contributed by atoms with Gasteiger partial charge in [0.25, 0.3) is 0 Å². The van der Waals surface area contributed by atoms with E-state index in [2.05, 4.69) is 4.98 Å². The van der Waals surface area contributed by atoms with Gasteiger partial charge in [0.05, 0.1) is 41.7 Å². The van der Waals surface area contributed by atoms with Crippen LogP contribution >= 0.6 is 0 Å². The Morgan fingerprint density at radius 1 is 0.853 bits per heavy atom. The van der Waals surface area contributed by atoms with Crippen LogP contribution in [-0.4, -0.2) is 40.0 Å². The number of hydrogen-bond donors (Lipinski definition) is 0. The fraction of sp³-hybridized carbons (Fsp3) is 0.154. The third-order valence-corrected chi connectivity index (χ3v) is 7.21. The molecule has 0 N–H and O–H groups in total. The first-order valence-electron chi connectivity index (χ1n) is 10.5. The Hall–Kier alpha value is -3.91. The summed E-state index contributed by atoms with van der Waals surface area (Å²) in [6, 6.07) is 17.5. The normalized spacial score (nSPS) is 11.3. The van der Waals surface area contributed by atoms with Gasteiger partial charge in [-0.25, -0.2) is 8.42 Å². The molecule has 0 atom stereocenters. The predicted octanol–water partition coefficient (Wildman–Crippen LogP) is 4.71. The van der Waals surface area contributed by atoms with Crippen LogP contribution < -0.4 is 14.2 Å². The zero-order valence-electron chi connectivity index (χ0n) is 18.9. The summed E-state index contributed by atoms with van der Waals surface area (Å²) in [7, 11) is -1.10. The van der Waals surface area contributed by atoms with Crippen molar-refractivity contribution in [3.05, 3.63) is 84.1 Å². The molecule has 174 valence electrons. The largest absolute Gasteiger partial charge is 0.497 e. The van der Waals surface area contributed by atoms with E-state index in [0.29, 0.717) is 40.3 Å². The Kier molecular flexibility index (Phi) is 6.51. The van der Waals surface area contributed by atoms with Crippen molar-refractivity contribution in [3.8, 4) is 17.2 Å². The lowest BCUT2D eigenvalue weighted by molar-refractivity contribution is 0.103. The number of pyridine rings is 1. The van der Waals surface area contributed by atoms with Crippen molar-refractivity contribution in [1.82, 2.24) is 4.98 Å². The van der Waals surface area contributed by atoms with Gasteiger partial charge < -0.3 is 14.2 Å². The van der Waals surface area contributed by atoms with Crippen LogP contribution in [0.1, 0.15) is 22.8 Å². The summed E-state index contributed by atoms with van der Waals surface area (Å²) in [5, 5.41) is 0.299. The van der Waals surface area contributed by atoms with Crippen LogP contribution in [0.3, 0.4) is 0 Å². The SMILES string of the molecule is CCOc1ccc(S(=O)(=O)c2c(C(=O)c3ccc(OC)cc3)cnc3ccc(OC)cc23)cc1. The third kappa shape index (κ3) is 4.32. The van der Waals surface area contributed by atoms with E-state index in [-0.39, 0.29) is 15.4 Å². The van der Waals surface area contributed by atoms with Gasteiger partial charge in [-0.1, -0.05) is 0 Å². The standard InChI is InChI=1S/C26H23NO6S/c1-4-33-19-9-12-21(13-10-19)34(29,30)26-22-15-20(32-3)11-14-24(22)27-16-23(26)25(28)17-5-7-18(31-2)8-6-17/h5-16H,4H2,1-3H3. The smallest absolute Gasteiger partial charge is 0.208 e. The van der Waals surface area contributed by atoms with Crippen LogP contribution in [-0.2, 0) is 9.84 Å². The second-order valence-electron chi connectivity index (χ2n) is 7.35. The van der Waals surface area contributed by atoms with Crippen LogP contribution in [0.4, 0.5) is 0 Å². The zero-order valence-corrected chi connectivity index (χ0v) is 19.8. The molecule has 0 saturated carbocycles. The minimum absolute atomic E-state index is 0.0280. The molecule has 34 heavy (non-hydrogen) atoms. The lowest BCUT2D eigenvalue weighted by atomic mass is 10.0. The van der Waals surface area contributed by atoms with Crippen LogP contribution in [0.2, 0.25) is 0 Å². The van der Waals surface area contributed by atoms with E-state index in [1.165, 1.54) is 32.5 Å². The molecule has 0 amide bonds. The Morgan fingerprint density at radius 3 is 2.09 bits per heavy atom. The summed E-state index contributed by atoms with van der Waals surface area (Å²) in [4.78, 5) is 17.8. The van der Waals surface area contributed by atoms with E-state index in [1.807, 2.05) is 6.92 Å². The van der Waals surface area contributed by atoms with Gasteiger partial charge in [0.2, 0.25) is 9.84 Å². The van der Waals surface area contributed by atoms with Gasteiger partial charge in [-0.2, -0.15) is 0 Å². The molecule has 0 bridgehead atoms. The number of carbonyl (C=O) groups excluding carboxylic acids is 1. The first kappa shape index (κ1) is 23.3. The van der Waals surface area contributed by atoms with Crippen molar-refractivity contribution >= 4 is 26.5 Å². The number of carbonyl (C=O) groups is 1. The summed E-state index contributed by atoms with van der Waals surface area (Å²) in [6.45, 7) is 2.31. The van der Waals surface area contributed by atoms with Gasteiger partial charge >= 0.3 is 0 Å². The van der Waals surface area contributed by atoms with Crippen LogP contribution in [0.5, 0.6) is 17.2 Å². The average molecular weight is 478 g/mol. The maximum Gasteiger partial charge on any atom is 0.208 e. The van der Waals surface area contributed by atoms with Crippen molar-refractivity contribution < 1.29 is 27.4 Å². The molecule has 7 nitrogen and oxygen atoms in total. The van der Waals surface area contributed by atoms with E-state index in [1.54, 1.807) is 54.6 Å². The highest BCUT2D eigenvalue weighted by atomic mass is 32.2. The fourth-order valence-electron chi connectivity index (χ4n) is 3.62. The maximum atomic E-state index is 13.9. The monoisotopic (exact) mass is 477 g/mol. The Labute approximate surface area is 197 Å². The number of methoxy groups -OCH3 is 2. The summed E-state index contributed by atoms with van der Waals surface area (Å²) in [5.41, 5.74) is 0.712. The quantitative estimate of drug-likeness (QED) is 0.339. The molecule has 0 aliphatic carbocycles. The van der Waals surface area contributed by atoms with Crippen molar-refractivity contribution in [2.45, 2.75) is 16.7 Å². The summed E-state index contributed by atoms with van der Waals surface area (Å²) < 4.78 is 43.7. The van der Waals surface area contributed by atoms with Crippen molar-refractivity contribution in [2.75, 3.05) is 20.8 Å². The second kappa shape index (κ2) is 9.52. The molecule has 0 fully saturated rings. The van der Waals surface area contributed by atoms with E-state index >= 15 is 0 Å². The van der Waals surface area contributed by atoms with Gasteiger partial charge in [0, 0.05) is 17.1 Å². The molecule has 0 aliphatic rings. The Morgan fingerprint density at radius 2 is 1.47 bits per heavy atom. The van der Waals surface area contributed by atoms with Gasteiger partial charge in [-0.15, -0.1) is 0 Å². The molecule has 0 spiro atoms. The van der Waals surface area contributed by atoms with Gasteiger partial charge in [-0.05, 0) is 73.7 Å². The maximum absolute atomic E-state index is 13.9. The molecule has 1 aromatic heterocycles. The van der Waals surface area contributed by atoms with E-state index in [9.17, 15) is 13.2 Å². The van der Waals surface area contributed by atoms with Crippen LogP contribution in [0.25, 0.3) is 10.9 Å². The first-order valence-corrected chi connectivity index (χ1v) is 12.0. The molecule has 0 radical (unpaired) electrons. The highest BCUT2D eigenvalue weighted by molar-refractivity contribution is 7.91. The number of nitrogens with zero attached hydrogens (tertiary/aromatic N) is 1. The number of hydrogen-bond acceptors (Lipinski definition) is 7. The van der Waals surface area contributed by atoms with E-state index in [0.717, 1.165) is 0 Å². The van der Waals surface area contributed by atoms with Crippen LogP contribution in [0, 0.1) is 0 Å². The number of aromatic nitrogens is 1. The molecule has 4 aromatic rings. The fourth-order valence-corrected chi connectivity index (χ4v) is 5.24. The first-order chi connectivity index (χ1) is 16.4. The van der Waals surface area contributed by atoms with Crippen LogP contribution in [0.15, 0.2) is 82.7 Å². The molecule has 0 saturated heterocycles.